The average Bonchev–Trinajstić information content (AvgIpc) is 3.47. The predicted octanol–water partition coefficient (Wildman–Crippen LogP) is 3.05. The molecule has 1 aliphatic rings. The molecule has 150 valence electrons. The van der Waals surface area contributed by atoms with E-state index in [9.17, 15) is 0 Å². The Morgan fingerprint density at radius 3 is 3.07 bits per heavy atom. The lowest BCUT2D eigenvalue weighted by Gasteiger charge is -2.27. The number of imidazole rings is 2. The van der Waals surface area contributed by atoms with Crippen molar-refractivity contribution < 1.29 is 4.74 Å². The van der Waals surface area contributed by atoms with Crippen LogP contribution in [0.1, 0.15) is 24.9 Å². The Balaban J connectivity index is 1.58. The summed E-state index contributed by atoms with van der Waals surface area (Å²) in [6.07, 6.45) is 7.92. The molecule has 1 saturated heterocycles. The summed E-state index contributed by atoms with van der Waals surface area (Å²) in [6.45, 7) is 3.82. The number of nitrogens with one attached hydrogen (secondary N) is 2. The van der Waals surface area contributed by atoms with Gasteiger partial charge in [0.25, 0.3) is 0 Å². The lowest BCUT2D eigenvalue weighted by Crippen LogP contribution is -2.27. The van der Waals surface area contributed by atoms with Gasteiger partial charge in [0.05, 0.1) is 35.2 Å². The molecule has 0 spiro atoms. The largest absolute Gasteiger partial charge is 0.380 e. The number of methoxy groups -OCH3 is 1. The van der Waals surface area contributed by atoms with Crippen LogP contribution in [0.5, 0.6) is 0 Å². The van der Waals surface area contributed by atoms with Crippen molar-refractivity contribution in [1.29, 1.82) is 0 Å². The molecule has 2 N–H and O–H groups in total. The van der Waals surface area contributed by atoms with Crippen molar-refractivity contribution in [3.8, 4) is 0 Å². The van der Waals surface area contributed by atoms with Crippen LogP contribution in [0.4, 0.5) is 11.6 Å². The van der Waals surface area contributed by atoms with Gasteiger partial charge in [-0.15, -0.1) is 0 Å². The van der Waals surface area contributed by atoms with Crippen molar-refractivity contribution in [3.05, 3.63) is 41.8 Å². The lowest BCUT2D eigenvalue weighted by atomic mass is 10.1. The van der Waals surface area contributed by atoms with E-state index in [-0.39, 0.29) is 12.1 Å². The zero-order valence-electron chi connectivity index (χ0n) is 16.1. The van der Waals surface area contributed by atoms with Crippen molar-refractivity contribution >= 4 is 39.9 Å². The second-order valence-electron chi connectivity index (χ2n) is 7.20. The minimum Gasteiger partial charge on any atom is -0.380 e. The SMILES string of the molecule is CO[C@@H]1CCN(c2c(C(C)Nc3ncnc4nc[nH]c34)cc(Cl)c3cncn23)C1. The summed E-state index contributed by atoms with van der Waals surface area (Å²) in [5.41, 5.74) is 3.34. The van der Waals surface area contributed by atoms with Crippen molar-refractivity contribution in [2.45, 2.75) is 25.5 Å². The maximum Gasteiger partial charge on any atom is 0.182 e. The van der Waals surface area contributed by atoms with Crippen LogP contribution in [-0.4, -0.2) is 55.6 Å². The molecule has 0 amide bonds. The van der Waals surface area contributed by atoms with Crippen molar-refractivity contribution in [2.24, 2.45) is 0 Å². The fourth-order valence-electron chi connectivity index (χ4n) is 3.98. The molecule has 2 atom stereocenters. The molecule has 10 heteroatoms. The maximum absolute atomic E-state index is 6.59. The van der Waals surface area contributed by atoms with E-state index in [2.05, 4.69) is 46.5 Å². The van der Waals surface area contributed by atoms with E-state index in [1.807, 2.05) is 12.4 Å². The minimum absolute atomic E-state index is 0.0719. The Hall–Kier alpha value is -2.91. The molecule has 29 heavy (non-hydrogen) atoms. The van der Waals surface area contributed by atoms with Crippen LogP contribution in [0.25, 0.3) is 16.7 Å². The van der Waals surface area contributed by atoms with E-state index in [0.29, 0.717) is 16.5 Å². The first kappa shape index (κ1) is 18.1. The smallest absolute Gasteiger partial charge is 0.182 e. The second kappa shape index (κ2) is 7.16. The third-order valence-electron chi connectivity index (χ3n) is 5.47. The van der Waals surface area contributed by atoms with Crippen molar-refractivity contribution in [1.82, 2.24) is 29.3 Å². The topological polar surface area (TPSA) is 96.3 Å². The number of nitrogens with zero attached hydrogens (tertiary/aromatic N) is 6. The summed E-state index contributed by atoms with van der Waals surface area (Å²) < 4.78 is 7.63. The highest BCUT2D eigenvalue weighted by molar-refractivity contribution is 6.34. The zero-order valence-corrected chi connectivity index (χ0v) is 16.9. The average molecular weight is 413 g/mol. The fraction of sp³-hybridized carbons (Fsp3) is 0.368. The molecular weight excluding hydrogens is 392 g/mol. The predicted molar refractivity (Wildman–Crippen MR) is 112 cm³/mol. The number of ether oxygens (including phenoxy) is 1. The van der Waals surface area contributed by atoms with Crippen LogP contribution >= 0.6 is 11.6 Å². The molecule has 0 aromatic carbocycles. The van der Waals surface area contributed by atoms with Gasteiger partial charge < -0.3 is 19.9 Å². The summed E-state index contributed by atoms with van der Waals surface area (Å²) in [4.78, 5) is 22.5. The molecule has 0 bridgehead atoms. The molecule has 4 aromatic rings. The monoisotopic (exact) mass is 412 g/mol. The first-order valence-corrected chi connectivity index (χ1v) is 9.86. The fourth-order valence-corrected chi connectivity index (χ4v) is 4.24. The standard InChI is InChI=1S/C19H21ClN8O/c1-11(26-18-16-17(23-8-22-16)24-9-25-18)13-5-14(20)15-6-21-10-28(15)19(13)27-4-3-12(7-27)29-2/h5-6,8-12H,3-4,7H2,1-2H3,(H2,22,23,24,25,26)/t11?,12-/m1/s1. The molecule has 0 aliphatic carbocycles. The third-order valence-corrected chi connectivity index (χ3v) is 5.78. The van der Waals surface area contributed by atoms with Gasteiger partial charge in [-0.3, -0.25) is 4.40 Å². The summed E-state index contributed by atoms with van der Waals surface area (Å²) in [6, 6.07) is 1.94. The van der Waals surface area contributed by atoms with Crippen molar-refractivity contribution in [2.75, 3.05) is 30.4 Å². The maximum atomic E-state index is 6.59. The Labute approximate surface area is 172 Å². The number of fused-ring (bicyclic) bond motifs is 2. The first-order valence-electron chi connectivity index (χ1n) is 9.48. The van der Waals surface area contributed by atoms with Crippen LogP contribution < -0.4 is 10.2 Å². The molecule has 4 aromatic heterocycles. The van der Waals surface area contributed by atoms with Crippen LogP contribution in [0, 0.1) is 0 Å². The second-order valence-corrected chi connectivity index (χ2v) is 7.61. The van der Waals surface area contributed by atoms with Gasteiger partial charge in [-0.25, -0.2) is 19.9 Å². The van der Waals surface area contributed by atoms with Gasteiger partial charge in [-0.1, -0.05) is 11.6 Å². The van der Waals surface area contributed by atoms with Crippen LogP contribution in [-0.2, 0) is 4.74 Å². The number of rotatable bonds is 5. The van der Waals surface area contributed by atoms with Gasteiger partial charge >= 0.3 is 0 Å². The number of halogens is 1. The summed E-state index contributed by atoms with van der Waals surface area (Å²) in [5.74, 6) is 1.76. The molecule has 5 rings (SSSR count). The molecule has 1 aliphatic heterocycles. The minimum atomic E-state index is -0.0719. The summed E-state index contributed by atoms with van der Waals surface area (Å²) in [5, 5.41) is 4.15. The highest BCUT2D eigenvalue weighted by Gasteiger charge is 2.28. The molecule has 1 unspecified atom stereocenters. The Kier molecular flexibility index (Phi) is 4.48. The van der Waals surface area contributed by atoms with Gasteiger partial charge in [-0.05, 0) is 19.4 Å². The number of aromatic nitrogens is 6. The molecule has 1 fully saturated rings. The van der Waals surface area contributed by atoms with E-state index in [4.69, 9.17) is 16.3 Å². The Morgan fingerprint density at radius 1 is 1.34 bits per heavy atom. The molecule has 5 heterocycles. The molecule has 0 saturated carbocycles. The highest BCUT2D eigenvalue weighted by atomic mass is 35.5. The van der Waals surface area contributed by atoms with Gasteiger partial charge in [0.2, 0.25) is 0 Å². The van der Waals surface area contributed by atoms with Crippen LogP contribution in [0.15, 0.2) is 31.2 Å². The molecule has 9 nitrogen and oxygen atoms in total. The number of H-pyrrole nitrogens is 1. The van der Waals surface area contributed by atoms with Crippen LogP contribution in [0.3, 0.4) is 0 Å². The normalized spacial score (nSPS) is 18.0. The summed E-state index contributed by atoms with van der Waals surface area (Å²) >= 11 is 6.59. The van der Waals surface area contributed by atoms with Gasteiger partial charge in [0.15, 0.2) is 11.5 Å². The van der Waals surface area contributed by atoms with Gasteiger partial charge in [0, 0.05) is 25.8 Å². The van der Waals surface area contributed by atoms with E-state index in [0.717, 1.165) is 41.9 Å². The van der Waals surface area contributed by atoms with E-state index in [1.165, 1.54) is 6.33 Å². The Bertz CT molecular complexity index is 1170. The number of anilines is 2. The van der Waals surface area contributed by atoms with Crippen LogP contribution in [0.2, 0.25) is 5.02 Å². The van der Waals surface area contributed by atoms with Crippen molar-refractivity contribution in [3.63, 3.8) is 0 Å². The molecule has 0 radical (unpaired) electrons. The van der Waals surface area contributed by atoms with E-state index in [1.54, 1.807) is 19.6 Å². The zero-order chi connectivity index (χ0) is 20.0. The third kappa shape index (κ3) is 3.06. The van der Waals surface area contributed by atoms with Gasteiger partial charge in [-0.2, -0.15) is 0 Å². The number of hydrogen-bond donors (Lipinski definition) is 2. The number of aromatic amines is 1. The first-order chi connectivity index (χ1) is 14.2. The van der Waals surface area contributed by atoms with E-state index >= 15 is 0 Å². The Morgan fingerprint density at radius 2 is 2.24 bits per heavy atom. The molecular formula is C19H21ClN8O. The number of pyridine rings is 1. The van der Waals surface area contributed by atoms with E-state index < -0.39 is 0 Å². The quantitative estimate of drug-likeness (QED) is 0.520. The van der Waals surface area contributed by atoms with Gasteiger partial charge in [0.1, 0.15) is 24.0 Å². The highest BCUT2D eigenvalue weighted by Crippen LogP contribution is 2.36. The summed E-state index contributed by atoms with van der Waals surface area (Å²) in [7, 11) is 1.76. The number of hydrogen-bond acceptors (Lipinski definition) is 7. The lowest BCUT2D eigenvalue weighted by molar-refractivity contribution is 0.121.